The Kier molecular flexibility index (Phi) is 2.24. The lowest BCUT2D eigenvalue weighted by atomic mass is 10.7. The van der Waals surface area contributed by atoms with E-state index in [-0.39, 0.29) is 5.76 Å². The molecule has 0 radical (unpaired) electrons. The molecule has 0 heterocycles. The third-order valence-corrected chi connectivity index (χ3v) is 0.326. The third kappa shape index (κ3) is 1.60. The van der Waals surface area contributed by atoms with Crippen molar-refractivity contribution in [2.24, 2.45) is 0 Å². The van der Waals surface area contributed by atoms with E-state index in [1.54, 1.807) is 0 Å². The van der Waals surface area contributed by atoms with Gasteiger partial charge in [0.15, 0.2) is 5.76 Å². The zero-order valence-corrected chi connectivity index (χ0v) is 3.38. The number of hydrogen-bond donors (Lipinski definition) is 2. The van der Waals surface area contributed by atoms with Crippen LogP contribution in [0.25, 0.3) is 0 Å². The molecule has 0 saturated carbocycles. The van der Waals surface area contributed by atoms with Crippen molar-refractivity contribution in [2.75, 3.05) is 0 Å². The molecule has 3 heteroatoms. The molecule has 36 valence electrons. The zero-order chi connectivity index (χ0) is 4.99. The Morgan fingerprint density at radius 1 is 1.83 bits per heavy atom. The standard InChI is InChI=1S/C3H6O3/c1-3(2-4)6-5/h2,4-5H,1H3. The SMILES string of the molecule is CC(=CO)OO. The van der Waals surface area contributed by atoms with Gasteiger partial charge in [-0.1, -0.05) is 0 Å². The summed E-state index contributed by atoms with van der Waals surface area (Å²) in [5.74, 6) is 0.0787. The highest BCUT2D eigenvalue weighted by Crippen LogP contribution is 1.85. The molecule has 0 amide bonds. The molecule has 0 bridgehead atoms. The van der Waals surface area contributed by atoms with E-state index in [9.17, 15) is 0 Å². The number of allylic oxidation sites excluding steroid dienone is 1. The second-order valence-electron chi connectivity index (χ2n) is 0.831. The van der Waals surface area contributed by atoms with Gasteiger partial charge in [-0.2, -0.15) is 0 Å². The summed E-state index contributed by atoms with van der Waals surface area (Å²) in [6.07, 6.45) is 0.667. The van der Waals surface area contributed by atoms with E-state index in [0.717, 1.165) is 0 Å². The van der Waals surface area contributed by atoms with Gasteiger partial charge in [0.2, 0.25) is 0 Å². The highest BCUT2D eigenvalue weighted by atomic mass is 17.1. The summed E-state index contributed by atoms with van der Waals surface area (Å²) in [7, 11) is 0. The van der Waals surface area contributed by atoms with Gasteiger partial charge in [0, 0.05) is 6.92 Å². The summed E-state index contributed by atoms with van der Waals surface area (Å²) in [6.45, 7) is 1.42. The van der Waals surface area contributed by atoms with Gasteiger partial charge in [0.1, 0.15) is 6.26 Å². The minimum absolute atomic E-state index is 0.0787. The Balaban J connectivity index is 3.22. The molecule has 0 saturated heterocycles. The minimum atomic E-state index is 0.0787. The first-order valence-electron chi connectivity index (χ1n) is 1.43. The van der Waals surface area contributed by atoms with E-state index < -0.39 is 0 Å². The third-order valence-electron chi connectivity index (χ3n) is 0.326. The second-order valence-corrected chi connectivity index (χ2v) is 0.831. The molecule has 6 heavy (non-hydrogen) atoms. The molecule has 0 aromatic heterocycles. The van der Waals surface area contributed by atoms with Crippen LogP contribution in [0.1, 0.15) is 6.92 Å². The van der Waals surface area contributed by atoms with Gasteiger partial charge in [-0.25, -0.2) is 5.26 Å². The van der Waals surface area contributed by atoms with E-state index in [1.165, 1.54) is 6.92 Å². The summed E-state index contributed by atoms with van der Waals surface area (Å²) in [4.78, 5) is 3.51. The minimum Gasteiger partial charge on any atom is -0.512 e. The summed E-state index contributed by atoms with van der Waals surface area (Å²) in [5, 5.41) is 15.5. The van der Waals surface area contributed by atoms with E-state index in [1.807, 2.05) is 0 Å². The molecule has 0 aliphatic carbocycles. The van der Waals surface area contributed by atoms with Gasteiger partial charge >= 0.3 is 0 Å². The molecule has 0 aromatic rings. The predicted molar refractivity (Wildman–Crippen MR) is 20.1 cm³/mol. The van der Waals surface area contributed by atoms with Gasteiger partial charge in [0.05, 0.1) is 0 Å². The normalized spacial score (nSPS) is 11.3. The Morgan fingerprint density at radius 3 is 2.33 bits per heavy atom. The molecular formula is C3H6O3. The van der Waals surface area contributed by atoms with Crippen LogP contribution in [-0.4, -0.2) is 10.4 Å². The highest BCUT2D eigenvalue weighted by molar-refractivity contribution is 4.76. The average Bonchev–Trinajstić information content (AvgIpc) is 1.65. The summed E-state index contributed by atoms with van der Waals surface area (Å²) in [6, 6.07) is 0. The van der Waals surface area contributed by atoms with Gasteiger partial charge in [-0.3, -0.25) is 0 Å². The smallest absolute Gasteiger partial charge is 0.173 e. The van der Waals surface area contributed by atoms with Crippen molar-refractivity contribution in [3.63, 3.8) is 0 Å². The maximum atomic E-state index is 7.89. The molecule has 0 aliphatic heterocycles. The van der Waals surface area contributed by atoms with Crippen LogP contribution in [0.4, 0.5) is 0 Å². The molecule has 3 nitrogen and oxygen atoms in total. The maximum Gasteiger partial charge on any atom is 0.173 e. The van der Waals surface area contributed by atoms with Crippen molar-refractivity contribution in [3.8, 4) is 0 Å². The largest absolute Gasteiger partial charge is 0.512 e. The van der Waals surface area contributed by atoms with E-state index in [0.29, 0.717) is 6.26 Å². The summed E-state index contributed by atoms with van der Waals surface area (Å²) < 4.78 is 0. The van der Waals surface area contributed by atoms with Crippen LogP contribution in [0.2, 0.25) is 0 Å². The number of hydrogen-bond acceptors (Lipinski definition) is 3. The van der Waals surface area contributed by atoms with Gasteiger partial charge in [-0.15, -0.1) is 0 Å². The molecule has 0 aliphatic rings. The van der Waals surface area contributed by atoms with Crippen LogP contribution in [-0.2, 0) is 4.89 Å². The molecule has 2 N–H and O–H groups in total. The van der Waals surface area contributed by atoms with Crippen LogP contribution in [0.5, 0.6) is 0 Å². The van der Waals surface area contributed by atoms with Crippen molar-refractivity contribution in [2.45, 2.75) is 6.92 Å². The first kappa shape index (κ1) is 5.30. The molecule has 0 fully saturated rings. The van der Waals surface area contributed by atoms with Crippen LogP contribution < -0.4 is 0 Å². The summed E-state index contributed by atoms with van der Waals surface area (Å²) in [5.41, 5.74) is 0. The fourth-order valence-electron chi connectivity index (χ4n) is 0.0236. The molecule has 0 rings (SSSR count). The lowest BCUT2D eigenvalue weighted by Crippen LogP contribution is -1.76. The topological polar surface area (TPSA) is 49.7 Å². The Bertz CT molecular complexity index is 57.1. The van der Waals surface area contributed by atoms with Gasteiger partial charge in [0.25, 0.3) is 0 Å². The van der Waals surface area contributed by atoms with E-state index in [4.69, 9.17) is 10.4 Å². The first-order chi connectivity index (χ1) is 2.81. The summed E-state index contributed by atoms with van der Waals surface area (Å²) >= 11 is 0. The van der Waals surface area contributed by atoms with Crippen molar-refractivity contribution in [3.05, 3.63) is 12.0 Å². The van der Waals surface area contributed by atoms with Crippen molar-refractivity contribution < 1.29 is 15.3 Å². The van der Waals surface area contributed by atoms with Crippen LogP contribution in [0, 0.1) is 0 Å². The number of aliphatic hydroxyl groups is 1. The van der Waals surface area contributed by atoms with Crippen molar-refractivity contribution in [1.29, 1.82) is 0 Å². The van der Waals surface area contributed by atoms with Gasteiger partial charge in [-0.05, 0) is 0 Å². The lowest BCUT2D eigenvalue weighted by molar-refractivity contribution is -0.204. The number of rotatable bonds is 1. The molecular weight excluding hydrogens is 84.0 g/mol. The quantitative estimate of drug-likeness (QED) is 0.285. The fraction of sp³-hybridized carbons (Fsp3) is 0.333. The van der Waals surface area contributed by atoms with E-state index in [2.05, 4.69) is 4.89 Å². The molecule has 0 atom stereocenters. The monoisotopic (exact) mass is 90.0 g/mol. The van der Waals surface area contributed by atoms with Crippen molar-refractivity contribution in [1.82, 2.24) is 0 Å². The fourth-order valence-corrected chi connectivity index (χ4v) is 0.0236. The van der Waals surface area contributed by atoms with Crippen LogP contribution >= 0.6 is 0 Å². The Morgan fingerprint density at radius 2 is 2.33 bits per heavy atom. The van der Waals surface area contributed by atoms with Gasteiger partial charge < -0.3 is 9.99 Å². The Labute approximate surface area is 35.4 Å². The maximum absolute atomic E-state index is 7.89. The van der Waals surface area contributed by atoms with Crippen LogP contribution in [0.3, 0.4) is 0 Å². The Hall–Kier alpha value is -0.700. The number of aliphatic hydroxyl groups excluding tert-OH is 1. The molecule has 0 aromatic carbocycles. The highest BCUT2D eigenvalue weighted by Gasteiger charge is 1.77. The zero-order valence-electron chi connectivity index (χ0n) is 3.38. The predicted octanol–water partition coefficient (Wildman–Crippen LogP) is 0.895. The average molecular weight is 90.1 g/mol. The molecule has 0 spiro atoms. The molecule has 0 unspecified atom stereocenters. The first-order valence-corrected chi connectivity index (χ1v) is 1.43. The van der Waals surface area contributed by atoms with Crippen molar-refractivity contribution >= 4 is 0 Å². The lowest BCUT2D eigenvalue weighted by Gasteiger charge is -1.86. The van der Waals surface area contributed by atoms with E-state index >= 15 is 0 Å². The van der Waals surface area contributed by atoms with Crippen LogP contribution in [0.15, 0.2) is 12.0 Å². The second kappa shape index (κ2) is 2.53.